The number of nitrogens with zero attached hydrogens (tertiary/aromatic N) is 1. The number of fused-ring (bicyclic) bond motifs is 4. The second kappa shape index (κ2) is 12.0. The molecule has 6 atom stereocenters. The molecular formula is C39H48F5NO4S. The summed E-state index contributed by atoms with van der Waals surface area (Å²) in [4.78, 5) is 1.09. The van der Waals surface area contributed by atoms with E-state index in [1.54, 1.807) is 11.9 Å². The fourth-order valence-corrected chi connectivity index (χ4v) is 10.8. The number of aliphatic hydroxyl groups is 2. The number of allylic oxidation sites excluding steroid dienone is 1. The van der Waals surface area contributed by atoms with Crippen LogP contribution in [-0.2, 0) is 9.47 Å². The van der Waals surface area contributed by atoms with Crippen LogP contribution in [0, 0.1) is 22.7 Å². The van der Waals surface area contributed by atoms with Crippen LogP contribution in [-0.4, -0.2) is 70.9 Å². The maximum Gasteiger partial charge on any atom is 0.456 e. The summed E-state index contributed by atoms with van der Waals surface area (Å²) in [6.07, 6.45) is -4.60. The summed E-state index contributed by atoms with van der Waals surface area (Å²) in [6.45, 7) is 6.57. The topological polar surface area (TPSA) is 62.2 Å². The summed E-state index contributed by atoms with van der Waals surface area (Å²) >= 11 is 1.61. The monoisotopic (exact) mass is 721 g/mol. The Balaban J connectivity index is 1.29. The largest absolute Gasteiger partial charge is 0.456 e. The minimum Gasteiger partial charge on any atom is -0.385 e. The predicted octanol–water partition coefficient (Wildman–Crippen LogP) is 9.15. The first-order valence-corrected chi connectivity index (χ1v) is 18.5. The smallest absolute Gasteiger partial charge is 0.385 e. The van der Waals surface area contributed by atoms with Gasteiger partial charge >= 0.3 is 12.1 Å². The number of rotatable bonds is 5. The molecular weight excluding hydrogens is 673 g/mol. The molecule has 7 rings (SSSR count). The van der Waals surface area contributed by atoms with Crippen LogP contribution in [0.15, 0.2) is 64.6 Å². The summed E-state index contributed by atoms with van der Waals surface area (Å²) in [5.41, 5.74) is -1.88. The third-order valence-corrected chi connectivity index (χ3v) is 13.5. The maximum atomic E-state index is 15.5. The highest BCUT2D eigenvalue weighted by atomic mass is 32.2. The minimum atomic E-state index is -5.89. The first-order chi connectivity index (χ1) is 23.2. The number of benzene rings is 2. The van der Waals surface area contributed by atoms with Crippen molar-refractivity contribution in [2.75, 3.05) is 27.3 Å². The van der Waals surface area contributed by atoms with Gasteiger partial charge < -0.3 is 19.7 Å². The van der Waals surface area contributed by atoms with E-state index in [1.165, 1.54) is 6.92 Å². The molecule has 2 N–H and O–H groups in total. The van der Waals surface area contributed by atoms with Crippen LogP contribution < -0.4 is 0 Å². The van der Waals surface area contributed by atoms with Gasteiger partial charge in [0.2, 0.25) is 0 Å². The van der Waals surface area contributed by atoms with Gasteiger partial charge in [0.05, 0.1) is 18.8 Å². The second-order valence-electron chi connectivity index (χ2n) is 16.7. The highest BCUT2D eigenvalue weighted by Gasteiger charge is 2.79. The molecule has 1 aliphatic heterocycles. The van der Waals surface area contributed by atoms with Crippen molar-refractivity contribution in [3.63, 3.8) is 0 Å². The maximum absolute atomic E-state index is 15.5. The van der Waals surface area contributed by atoms with E-state index in [0.29, 0.717) is 38.9 Å². The first kappa shape index (κ1) is 36.3. The van der Waals surface area contributed by atoms with Gasteiger partial charge in [-0.3, -0.25) is 4.31 Å². The molecule has 5 nitrogen and oxygen atoms in total. The van der Waals surface area contributed by atoms with Gasteiger partial charge in [-0.1, -0.05) is 62.7 Å². The number of hydrogen-bond donors (Lipinski definition) is 2. The standard InChI is InChI=1S/C39H48F5NO4S/c1-33(2)22-48-36(49-23-33)18-15-31-32-28(14-17-35(31,46)21-36)30-16-19-37(47,38(40,41)39(42,43)44)34(30,3)20-29(32)26-8-6-24(7-9-26)25-10-12-27(13-11-25)50-45(4)5/h6-13,28-30,46-47H,14-23H2,1-5H3/t28?,29?,30?,34?,35-,37+/m1/s1. The second-order valence-corrected chi connectivity index (χ2v) is 18.1. The van der Waals surface area contributed by atoms with Crippen molar-refractivity contribution in [2.24, 2.45) is 22.7 Å². The number of alkyl halides is 5. The van der Waals surface area contributed by atoms with E-state index in [2.05, 4.69) is 13.8 Å². The quantitative estimate of drug-likeness (QED) is 0.183. The normalized spacial score (nSPS) is 35.2. The molecule has 2 aromatic carbocycles. The average molecular weight is 722 g/mol. The Kier molecular flexibility index (Phi) is 8.72. The van der Waals surface area contributed by atoms with Crippen LogP contribution in [0.4, 0.5) is 22.0 Å². The van der Waals surface area contributed by atoms with Crippen LogP contribution in [0.1, 0.15) is 83.6 Å². The van der Waals surface area contributed by atoms with E-state index in [0.717, 1.165) is 32.7 Å². The highest BCUT2D eigenvalue weighted by molar-refractivity contribution is 7.97. The fourth-order valence-electron chi connectivity index (χ4n) is 10.1. The highest BCUT2D eigenvalue weighted by Crippen LogP contribution is 2.71. The molecule has 3 saturated carbocycles. The number of ether oxygens (including phenoxy) is 2. The molecule has 1 saturated heterocycles. The average Bonchev–Trinajstić information content (AvgIpc) is 3.32. The molecule has 5 aliphatic rings. The van der Waals surface area contributed by atoms with Crippen molar-refractivity contribution in [3.8, 4) is 11.1 Å². The van der Waals surface area contributed by atoms with Crippen LogP contribution in [0.5, 0.6) is 0 Å². The fraction of sp³-hybridized carbons (Fsp3) is 0.641. The van der Waals surface area contributed by atoms with Crippen molar-refractivity contribution < 1.29 is 41.6 Å². The Morgan fingerprint density at radius 3 is 2.00 bits per heavy atom. The molecule has 0 amide bonds. The molecule has 0 aromatic heterocycles. The van der Waals surface area contributed by atoms with E-state index < -0.39 is 52.8 Å². The van der Waals surface area contributed by atoms with Gasteiger partial charge in [0.1, 0.15) is 5.60 Å². The zero-order valence-electron chi connectivity index (χ0n) is 29.4. The van der Waals surface area contributed by atoms with Crippen molar-refractivity contribution in [3.05, 3.63) is 65.2 Å². The van der Waals surface area contributed by atoms with Crippen molar-refractivity contribution in [2.45, 2.75) is 112 Å². The lowest BCUT2D eigenvalue weighted by Gasteiger charge is -2.59. The lowest BCUT2D eigenvalue weighted by atomic mass is 9.49. The lowest BCUT2D eigenvalue weighted by Crippen LogP contribution is -2.65. The van der Waals surface area contributed by atoms with Gasteiger partial charge in [0.25, 0.3) is 0 Å². The Morgan fingerprint density at radius 2 is 1.42 bits per heavy atom. The number of halogens is 5. The molecule has 50 heavy (non-hydrogen) atoms. The molecule has 11 heteroatoms. The zero-order chi connectivity index (χ0) is 36.1. The summed E-state index contributed by atoms with van der Waals surface area (Å²) < 4.78 is 87.6. The first-order valence-electron chi connectivity index (χ1n) is 17.7. The Hall–Kier alpha value is -2.02. The number of hydrogen-bond acceptors (Lipinski definition) is 6. The van der Waals surface area contributed by atoms with Gasteiger partial charge in [-0.2, -0.15) is 22.0 Å². The molecule has 1 heterocycles. The van der Waals surface area contributed by atoms with E-state index in [4.69, 9.17) is 9.47 Å². The Bertz CT molecular complexity index is 1630. The summed E-state index contributed by atoms with van der Waals surface area (Å²) in [5, 5.41) is 24.1. The van der Waals surface area contributed by atoms with E-state index in [9.17, 15) is 23.4 Å². The SMILES string of the molecule is CN(C)Sc1ccc(-c2ccc(C3CC4(C)C(CC[C@@]4(O)C(F)(F)C(F)(F)F)C4CC[C@@]5(O)CC6(CCC5=C34)OCC(C)(C)CO6)cc2)cc1. The summed E-state index contributed by atoms with van der Waals surface area (Å²) in [5.74, 6) is -7.72. The van der Waals surface area contributed by atoms with Gasteiger partial charge in [-0.05, 0) is 111 Å². The van der Waals surface area contributed by atoms with Gasteiger partial charge in [-0.25, -0.2) is 0 Å². The Labute approximate surface area is 295 Å². The summed E-state index contributed by atoms with van der Waals surface area (Å²) in [6, 6.07) is 15.9. The minimum absolute atomic E-state index is 0.0531. The summed E-state index contributed by atoms with van der Waals surface area (Å²) in [7, 11) is 3.94. The van der Waals surface area contributed by atoms with Crippen LogP contribution in [0.25, 0.3) is 11.1 Å². The molecule has 4 fully saturated rings. The zero-order valence-corrected chi connectivity index (χ0v) is 30.2. The predicted molar refractivity (Wildman–Crippen MR) is 183 cm³/mol. The molecule has 1 spiro atoms. The van der Waals surface area contributed by atoms with Gasteiger partial charge in [0, 0.05) is 34.5 Å². The van der Waals surface area contributed by atoms with Crippen molar-refractivity contribution in [1.82, 2.24) is 4.31 Å². The molecule has 4 unspecified atom stereocenters. The van der Waals surface area contributed by atoms with Gasteiger partial charge in [-0.15, -0.1) is 0 Å². The van der Waals surface area contributed by atoms with Gasteiger partial charge in [0.15, 0.2) is 5.79 Å². The van der Waals surface area contributed by atoms with Crippen molar-refractivity contribution >= 4 is 11.9 Å². The molecule has 274 valence electrons. The molecule has 4 aliphatic carbocycles. The molecule has 0 radical (unpaired) electrons. The van der Waals surface area contributed by atoms with Crippen LogP contribution in [0.2, 0.25) is 0 Å². The van der Waals surface area contributed by atoms with E-state index >= 15 is 8.78 Å². The third-order valence-electron chi connectivity index (χ3n) is 12.7. The van der Waals surface area contributed by atoms with E-state index in [-0.39, 0.29) is 30.6 Å². The van der Waals surface area contributed by atoms with Crippen molar-refractivity contribution in [1.29, 1.82) is 0 Å². The van der Waals surface area contributed by atoms with E-state index in [1.807, 2.05) is 66.9 Å². The molecule has 2 aromatic rings. The van der Waals surface area contributed by atoms with Crippen LogP contribution in [0.3, 0.4) is 0 Å². The Morgan fingerprint density at radius 1 is 0.820 bits per heavy atom. The third kappa shape index (κ3) is 5.68. The lowest BCUT2D eigenvalue weighted by molar-refractivity contribution is -0.362. The van der Waals surface area contributed by atoms with Crippen LogP contribution >= 0.6 is 11.9 Å². The molecule has 0 bridgehead atoms.